The Morgan fingerprint density at radius 3 is 2.41 bits per heavy atom. The van der Waals surface area contributed by atoms with Crippen molar-refractivity contribution in [2.75, 3.05) is 44.2 Å². The Bertz CT molecular complexity index is 1000. The van der Waals surface area contributed by atoms with E-state index in [9.17, 15) is 15.3 Å². The summed E-state index contributed by atoms with van der Waals surface area (Å²) in [5, 5.41) is 33.3. The van der Waals surface area contributed by atoms with Gasteiger partial charge in [-0.25, -0.2) is 0 Å². The van der Waals surface area contributed by atoms with E-state index in [1.807, 2.05) is 26.8 Å². The van der Waals surface area contributed by atoms with Crippen LogP contribution in [-0.2, 0) is 0 Å². The number of hydrogen-bond acceptors (Lipinski definition) is 6. The number of piperidine rings is 2. The number of nitrogens with zero attached hydrogens (tertiary/aromatic N) is 2. The number of likely N-dealkylation sites (tertiary alicyclic amines) is 1. The Labute approximate surface area is 203 Å². The van der Waals surface area contributed by atoms with Crippen LogP contribution >= 0.6 is 0 Å². The molecule has 0 amide bonds. The molecule has 2 heterocycles. The van der Waals surface area contributed by atoms with E-state index in [0.29, 0.717) is 32.4 Å². The first kappa shape index (κ1) is 25.0. The van der Waals surface area contributed by atoms with E-state index < -0.39 is 17.3 Å². The van der Waals surface area contributed by atoms with Gasteiger partial charge in [-0.2, -0.15) is 0 Å². The summed E-state index contributed by atoms with van der Waals surface area (Å²) in [6, 6.07) is 12.6. The predicted molar refractivity (Wildman–Crippen MR) is 136 cm³/mol. The maximum absolute atomic E-state index is 11.3. The van der Waals surface area contributed by atoms with Crippen LogP contribution in [0.1, 0.15) is 41.5 Å². The molecule has 0 unspecified atom stereocenters. The van der Waals surface area contributed by atoms with Crippen LogP contribution in [0.4, 0.5) is 5.69 Å². The fraction of sp³-hybridized carbons (Fsp3) is 0.571. The van der Waals surface area contributed by atoms with Crippen molar-refractivity contribution in [3.8, 4) is 5.75 Å². The zero-order valence-corrected chi connectivity index (χ0v) is 21.0. The summed E-state index contributed by atoms with van der Waals surface area (Å²) in [6.07, 6.45) is 0.956. The third-order valence-electron chi connectivity index (χ3n) is 7.66. The normalized spacial score (nSPS) is 25.4. The predicted octanol–water partition coefficient (Wildman–Crippen LogP) is 3.13. The minimum absolute atomic E-state index is 0.0218. The zero-order valence-electron chi connectivity index (χ0n) is 21.0. The molecule has 2 aliphatic rings. The van der Waals surface area contributed by atoms with Crippen LogP contribution < -0.4 is 9.64 Å². The van der Waals surface area contributed by atoms with Gasteiger partial charge < -0.3 is 25.0 Å². The van der Waals surface area contributed by atoms with Crippen molar-refractivity contribution in [2.45, 2.75) is 64.3 Å². The largest absolute Gasteiger partial charge is 0.490 e. The van der Waals surface area contributed by atoms with Crippen molar-refractivity contribution in [1.82, 2.24) is 4.90 Å². The van der Waals surface area contributed by atoms with Gasteiger partial charge in [-0.05, 0) is 87.4 Å². The third-order valence-corrected chi connectivity index (χ3v) is 7.66. The SMILES string of the molecule is Cc1cccc(N2CCC(O)(CN3CC[C@H](O)[C@@](O)(COc4cc(C)cc(C)c4C)C3)CC2)c1. The summed E-state index contributed by atoms with van der Waals surface area (Å²) >= 11 is 0. The van der Waals surface area contributed by atoms with Crippen LogP contribution in [-0.4, -0.2) is 76.9 Å². The molecule has 2 aromatic rings. The summed E-state index contributed by atoms with van der Waals surface area (Å²) in [6.45, 7) is 11.2. The van der Waals surface area contributed by atoms with Crippen LogP contribution in [0.2, 0.25) is 0 Å². The van der Waals surface area contributed by atoms with Crippen molar-refractivity contribution >= 4 is 5.69 Å². The summed E-state index contributed by atoms with van der Waals surface area (Å²) in [5.41, 5.74) is 3.57. The molecule has 186 valence electrons. The molecule has 0 aliphatic carbocycles. The fourth-order valence-corrected chi connectivity index (χ4v) is 5.36. The van der Waals surface area contributed by atoms with E-state index in [0.717, 1.165) is 35.5 Å². The molecule has 2 saturated heterocycles. The highest BCUT2D eigenvalue weighted by Gasteiger charge is 2.44. The van der Waals surface area contributed by atoms with Crippen molar-refractivity contribution in [3.63, 3.8) is 0 Å². The van der Waals surface area contributed by atoms with Gasteiger partial charge in [0.05, 0.1) is 11.7 Å². The molecule has 4 rings (SSSR count). The minimum atomic E-state index is -1.37. The molecule has 0 aromatic heterocycles. The second kappa shape index (κ2) is 9.86. The van der Waals surface area contributed by atoms with E-state index in [4.69, 9.17) is 4.74 Å². The van der Waals surface area contributed by atoms with Crippen LogP contribution in [0.3, 0.4) is 0 Å². The van der Waals surface area contributed by atoms with E-state index in [2.05, 4.69) is 47.1 Å². The van der Waals surface area contributed by atoms with Gasteiger partial charge in [-0.3, -0.25) is 4.90 Å². The van der Waals surface area contributed by atoms with Gasteiger partial charge in [0.2, 0.25) is 0 Å². The number of aliphatic hydroxyl groups excluding tert-OH is 1. The number of aliphatic hydroxyl groups is 3. The van der Waals surface area contributed by atoms with Crippen LogP contribution in [0.15, 0.2) is 36.4 Å². The molecule has 3 N–H and O–H groups in total. The summed E-state index contributed by atoms with van der Waals surface area (Å²) in [7, 11) is 0. The van der Waals surface area contributed by atoms with E-state index in [1.165, 1.54) is 11.3 Å². The second-order valence-electron chi connectivity index (χ2n) is 10.7. The standard InChI is InChI=1S/C28H40N2O4/c1-20-6-5-7-24(15-20)30-12-9-27(32,10-13-30)17-29-11-8-26(31)28(33,18-29)19-34-25-16-21(2)14-22(3)23(25)4/h5-7,14-16,26,31-33H,8-13,17-19H2,1-4H3/t26-,28-/m0/s1. The lowest BCUT2D eigenvalue weighted by Crippen LogP contribution is -2.62. The van der Waals surface area contributed by atoms with Gasteiger partial charge in [-0.15, -0.1) is 0 Å². The highest BCUT2D eigenvalue weighted by atomic mass is 16.5. The number of rotatable bonds is 6. The molecule has 0 spiro atoms. The van der Waals surface area contributed by atoms with E-state index in [-0.39, 0.29) is 13.2 Å². The molecule has 6 heteroatoms. The van der Waals surface area contributed by atoms with Crippen molar-refractivity contribution < 1.29 is 20.1 Å². The number of aryl methyl sites for hydroxylation is 3. The van der Waals surface area contributed by atoms with Crippen LogP contribution in [0.25, 0.3) is 0 Å². The molecule has 0 saturated carbocycles. The van der Waals surface area contributed by atoms with E-state index in [1.54, 1.807) is 0 Å². The maximum Gasteiger partial charge on any atom is 0.137 e. The number of benzene rings is 2. The number of ether oxygens (including phenoxy) is 1. The Morgan fingerprint density at radius 2 is 1.71 bits per heavy atom. The number of hydrogen-bond donors (Lipinski definition) is 3. The maximum atomic E-state index is 11.3. The molecule has 2 atom stereocenters. The van der Waals surface area contributed by atoms with Crippen molar-refractivity contribution in [1.29, 1.82) is 0 Å². The zero-order chi connectivity index (χ0) is 24.5. The van der Waals surface area contributed by atoms with Gasteiger partial charge in [0.25, 0.3) is 0 Å². The van der Waals surface area contributed by atoms with Gasteiger partial charge in [-0.1, -0.05) is 18.2 Å². The molecule has 2 aromatic carbocycles. The van der Waals surface area contributed by atoms with Gasteiger partial charge in [0, 0.05) is 38.4 Å². The fourth-order valence-electron chi connectivity index (χ4n) is 5.36. The number of β-amino-alcohol motifs (C(OH)–C–C–N with tert-alkyl or cyclic N) is 2. The van der Waals surface area contributed by atoms with Crippen LogP contribution in [0.5, 0.6) is 5.75 Å². The summed E-state index contributed by atoms with van der Waals surface area (Å²) in [4.78, 5) is 4.42. The monoisotopic (exact) mass is 468 g/mol. The second-order valence-corrected chi connectivity index (χ2v) is 10.7. The Kier molecular flexibility index (Phi) is 7.25. The quantitative estimate of drug-likeness (QED) is 0.605. The van der Waals surface area contributed by atoms with Crippen LogP contribution in [0, 0.1) is 27.7 Å². The van der Waals surface area contributed by atoms with E-state index >= 15 is 0 Å². The lowest BCUT2D eigenvalue weighted by molar-refractivity contribution is -0.149. The molecule has 0 bridgehead atoms. The average Bonchev–Trinajstić information content (AvgIpc) is 2.78. The summed E-state index contributed by atoms with van der Waals surface area (Å²) < 4.78 is 6.04. The smallest absolute Gasteiger partial charge is 0.137 e. The first-order chi connectivity index (χ1) is 16.1. The number of anilines is 1. The first-order valence-corrected chi connectivity index (χ1v) is 12.4. The topological polar surface area (TPSA) is 76.4 Å². The molecular weight excluding hydrogens is 428 g/mol. The highest BCUT2D eigenvalue weighted by Crippen LogP contribution is 2.31. The third kappa shape index (κ3) is 5.57. The Morgan fingerprint density at radius 1 is 0.971 bits per heavy atom. The lowest BCUT2D eigenvalue weighted by atomic mass is 9.86. The lowest BCUT2D eigenvalue weighted by Gasteiger charge is -2.46. The van der Waals surface area contributed by atoms with Gasteiger partial charge in [0.15, 0.2) is 0 Å². The molecule has 34 heavy (non-hydrogen) atoms. The van der Waals surface area contributed by atoms with Gasteiger partial charge in [0.1, 0.15) is 18.0 Å². The minimum Gasteiger partial charge on any atom is -0.490 e. The average molecular weight is 469 g/mol. The van der Waals surface area contributed by atoms with Gasteiger partial charge >= 0.3 is 0 Å². The molecule has 2 aliphatic heterocycles. The molecule has 2 fully saturated rings. The molecule has 0 radical (unpaired) electrons. The summed E-state index contributed by atoms with van der Waals surface area (Å²) in [5.74, 6) is 0.748. The van der Waals surface area contributed by atoms with Crippen molar-refractivity contribution in [3.05, 3.63) is 58.7 Å². The highest BCUT2D eigenvalue weighted by molar-refractivity contribution is 5.49. The Hall–Kier alpha value is -2.12. The molecular formula is C28H40N2O4. The Balaban J connectivity index is 1.36. The first-order valence-electron chi connectivity index (χ1n) is 12.4. The van der Waals surface area contributed by atoms with Crippen molar-refractivity contribution in [2.24, 2.45) is 0 Å². The molecule has 6 nitrogen and oxygen atoms in total.